The third-order valence-electron chi connectivity index (χ3n) is 2.74. The van der Waals surface area contributed by atoms with Crippen LogP contribution in [-0.2, 0) is 21.5 Å². The van der Waals surface area contributed by atoms with E-state index in [-0.39, 0.29) is 22.5 Å². The van der Waals surface area contributed by atoms with Gasteiger partial charge in [-0.3, -0.25) is 4.28 Å². The van der Waals surface area contributed by atoms with E-state index in [0.717, 1.165) is 0 Å². The highest BCUT2D eigenvalue weighted by Crippen LogP contribution is 2.45. The van der Waals surface area contributed by atoms with Gasteiger partial charge in [0.2, 0.25) is 11.8 Å². The molecule has 0 saturated carbocycles. The van der Waals surface area contributed by atoms with E-state index in [9.17, 15) is 31.8 Å². The molecule has 118 valence electrons. The number of fused-ring (bicyclic) bond motifs is 1. The minimum Gasteiger partial charge on any atom is -0.492 e. The van der Waals surface area contributed by atoms with Gasteiger partial charge >= 0.3 is 15.6 Å². The molecule has 2 N–H and O–H groups in total. The Hall–Kier alpha value is -1.88. The molecule has 1 unspecified atom stereocenters. The second kappa shape index (κ2) is 4.84. The number of hydrogen-bond donors (Lipinski definition) is 2. The summed E-state index contributed by atoms with van der Waals surface area (Å²) in [5.74, 6) is -1.95. The van der Waals surface area contributed by atoms with E-state index in [4.69, 9.17) is 4.74 Å². The van der Waals surface area contributed by atoms with Gasteiger partial charge in [-0.05, 0) is 6.92 Å². The highest BCUT2D eigenvalue weighted by molar-refractivity contribution is 7.87. The predicted molar refractivity (Wildman–Crippen MR) is 61.7 cm³/mol. The Labute approximate surface area is 116 Å². The van der Waals surface area contributed by atoms with Crippen LogP contribution in [-0.4, -0.2) is 28.9 Å². The topological polar surface area (TPSA) is 98.0 Å². The van der Waals surface area contributed by atoms with Crippen LogP contribution in [0.1, 0.15) is 24.2 Å². The number of allylic oxidation sites excluding steroid dienone is 1. The smallest absolute Gasteiger partial charge is 0.492 e. The molecule has 7 nitrogen and oxygen atoms in total. The van der Waals surface area contributed by atoms with Gasteiger partial charge < -0.3 is 14.9 Å². The lowest BCUT2D eigenvalue weighted by molar-refractivity contribution is -0.0555. The SMILES string of the molecule is CC=CC1OCc2c1c(O)n(OS(=O)(=O)C(F)(F)F)c2O. The fourth-order valence-corrected chi connectivity index (χ4v) is 2.24. The first-order valence-corrected chi connectivity index (χ1v) is 6.92. The summed E-state index contributed by atoms with van der Waals surface area (Å²) in [6.45, 7) is 1.42. The van der Waals surface area contributed by atoms with Crippen molar-refractivity contribution < 1.29 is 40.8 Å². The summed E-state index contributed by atoms with van der Waals surface area (Å²) in [6, 6.07) is 0. The van der Waals surface area contributed by atoms with E-state index in [1.807, 2.05) is 0 Å². The van der Waals surface area contributed by atoms with E-state index < -0.39 is 33.5 Å². The number of halogens is 3. The van der Waals surface area contributed by atoms with Crippen molar-refractivity contribution in [1.82, 2.24) is 4.73 Å². The number of nitrogens with zero attached hydrogens (tertiary/aromatic N) is 1. The fraction of sp³-hybridized carbons (Fsp3) is 0.400. The number of alkyl halides is 3. The van der Waals surface area contributed by atoms with Gasteiger partial charge in [-0.15, -0.1) is 0 Å². The number of hydrogen-bond acceptors (Lipinski definition) is 6. The van der Waals surface area contributed by atoms with Crippen LogP contribution in [0.15, 0.2) is 12.2 Å². The monoisotopic (exact) mass is 329 g/mol. The molecule has 11 heteroatoms. The van der Waals surface area contributed by atoms with Gasteiger partial charge in [0.1, 0.15) is 6.10 Å². The second-order valence-electron chi connectivity index (χ2n) is 4.07. The fourth-order valence-electron chi connectivity index (χ4n) is 1.82. The van der Waals surface area contributed by atoms with Gasteiger partial charge in [-0.25, -0.2) is 0 Å². The van der Waals surface area contributed by atoms with Crippen LogP contribution in [0.3, 0.4) is 0 Å². The van der Waals surface area contributed by atoms with E-state index in [2.05, 4.69) is 4.28 Å². The average molecular weight is 329 g/mol. The molecule has 1 atom stereocenters. The highest BCUT2D eigenvalue weighted by Gasteiger charge is 2.50. The number of aromatic hydroxyl groups is 2. The lowest BCUT2D eigenvalue weighted by Crippen LogP contribution is -2.32. The maximum absolute atomic E-state index is 12.3. The molecule has 0 amide bonds. The Balaban J connectivity index is 2.48. The van der Waals surface area contributed by atoms with Crippen LogP contribution in [0.2, 0.25) is 0 Å². The van der Waals surface area contributed by atoms with Crippen molar-refractivity contribution >= 4 is 10.1 Å². The molecule has 0 saturated heterocycles. The van der Waals surface area contributed by atoms with Gasteiger partial charge in [-0.2, -0.15) is 21.6 Å². The Morgan fingerprint density at radius 1 is 1.38 bits per heavy atom. The van der Waals surface area contributed by atoms with E-state index in [1.54, 1.807) is 13.0 Å². The van der Waals surface area contributed by atoms with Crippen molar-refractivity contribution in [2.45, 2.75) is 25.1 Å². The van der Waals surface area contributed by atoms with Crippen molar-refractivity contribution in [3.63, 3.8) is 0 Å². The van der Waals surface area contributed by atoms with Crippen LogP contribution in [0.4, 0.5) is 13.2 Å². The normalized spacial score (nSPS) is 19.1. The van der Waals surface area contributed by atoms with Gasteiger partial charge in [0.25, 0.3) is 0 Å². The third-order valence-corrected chi connectivity index (χ3v) is 3.65. The lowest BCUT2D eigenvalue weighted by Gasteiger charge is -2.12. The Morgan fingerprint density at radius 3 is 2.52 bits per heavy atom. The van der Waals surface area contributed by atoms with Crippen molar-refractivity contribution in [3.8, 4) is 11.8 Å². The molecule has 0 aliphatic carbocycles. The summed E-state index contributed by atoms with van der Waals surface area (Å²) in [4.78, 5) is 0. The zero-order valence-corrected chi connectivity index (χ0v) is 11.3. The van der Waals surface area contributed by atoms with Crippen molar-refractivity contribution in [2.24, 2.45) is 0 Å². The third kappa shape index (κ3) is 2.42. The molecule has 1 aliphatic heterocycles. The minimum absolute atomic E-state index is 0.0482. The first-order valence-electron chi connectivity index (χ1n) is 5.51. The molecule has 0 radical (unpaired) electrons. The highest BCUT2D eigenvalue weighted by atomic mass is 32.2. The Bertz CT molecular complexity index is 691. The number of aromatic nitrogens is 1. The summed E-state index contributed by atoms with van der Waals surface area (Å²) in [5.41, 5.74) is -5.80. The summed E-state index contributed by atoms with van der Waals surface area (Å²) in [6.07, 6.45) is 2.20. The van der Waals surface area contributed by atoms with Gasteiger partial charge in [0.15, 0.2) is 0 Å². The molecule has 0 fully saturated rings. The molecular weight excluding hydrogens is 319 g/mol. The molecule has 2 rings (SSSR count). The van der Waals surface area contributed by atoms with Gasteiger partial charge in [0.05, 0.1) is 17.7 Å². The predicted octanol–water partition coefficient (Wildman–Crippen LogP) is 1.32. The zero-order valence-electron chi connectivity index (χ0n) is 10.5. The van der Waals surface area contributed by atoms with Crippen LogP contribution in [0.25, 0.3) is 0 Å². The van der Waals surface area contributed by atoms with Crippen LogP contribution >= 0.6 is 0 Å². The minimum atomic E-state index is -6.03. The summed E-state index contributed by atoms with van der Waals surface area (Å²) >= 11 is 0. The van der Waals surface area contributed by atoms with E-state index in [1.165, 1.54) is 6.08 Å². The van der Waals surface area contributed by atoms with E-state index >= 15 is 0 Å². The molecule has 1 aromatic heterocycles. The van der Waals surface area contributed by atoms with Gasteiger partial charge in [-0.1, -0.05) is 16.9 Å². The summed E-state index contributed by atoms with van der Waals surface area (Å²) in [5, 5.41) is 19.5. The van der Waals surface area contributed by atoms with E-state index in [0.29, 0.717) is 0 Å². The van der Waals surface area contributed by atoms with Crippen molar-refractivity contribution in [3.05, 3.63) is 23.3 Å². The maximum atomic E-state index is 12.3. The molecule has 1 aliphatic rings. The largest absolute Gasteiger partial charge is 0.536 e. The number of rotatable bonds is 3. The molecule has 0 aromatic carbocycles. The van der Waals surface area contributed by atoms with Gasteiger partial charge in [0, 0.05) is 0 Å². The molecule has 0 bridgehead atoms. The lowest BCUT2D eigenvalue weighted by atomic mass is 10.1. The molecule has 21 heavy (non-hydrogen) atoms. The van der Waals surface area contributed by atoms with Crippen LogP contribution < -0.4 is 4.28 Å². The summed E-state index contributed by atoms with van der Waals surface area (Å²) < 4.78 is 67.3. The number of ether oxygens (including phenoxy) is 1. The standard InChI is InChI=1S/C10H10F3NO6S/c1-2-3-6-7-5(4-19-6)8(15)14(9(7)16)20-21(17,18)10(11,12)13/h2-3,6,15-16H,4H2,1H3. The summed E-state index contributed by atoms with van der Waals surface area (Å²) in [7, 11) is -6.03. The van der Waals surface area contributed by atoms with Crippen LogP contribution in [0, 0.1) is 0 Å². The quantitative estimate of drug-likeness (QED) is 0.641. The first kappa shape index (κ1) is 15.5. The molecule has 0 spiro atoms. The first-order chi connectivity index (χ1) is 9.60. The van der Waals surface area contributed by atoms with Crippen molar-refractivity contribution in [2.75, 3.05) is 0 Å². The molecule has 2 heterocycles. The van der Waals surface area contributed by atoms with Crippen LogP contribution in [0.5, 0.6) is 11.8 Å². The average Bonchev–Trinajstić information content (AvgIpc) is 2.85. The molecule has 1 aromatic rings. The maximum Gasteiger partial charge on any atom is 0.536 e. The Morgan fingerprint density at radius 2 is 2.00 bits per heavy atom. The Kier molecular flexibility index (Phi) is 3.58. The van der Waals surface area contributed by atoms with Crippen molar-refractivity contribution in [1.29, 1.82) is 0 Å². The molecular formula is C10H10F3NO6S. The zero-order chi connectivity index (χ0) is 16.0. The second-order valence-corrected chi connectivity index (χ2v) is 5.59.